The number of carbonyl (C=O) groups is 1. The van der Waals surface area contributed by atoms with Gasteiger partial charge in [-0.25, -0.2) is 0 Å². The van der Waals surface area contributed by atoms with Crippen LogP contribution in [-0.2, 0) is 26.3 Å². The van der Waals surface area contributed by atoms with E-state index in [2.05, 4.69) is 10.2 Å². The Labute approximate surface area is 135 Å². The van der Waals surface area contributed by atoms with Crippen molar-refractivity contribution in [2.45, 2.75) is 26.2 Å². The zero-order chi connectivity index (χ0) is 17.4. The maximum absolute atomic E-state index is 12.9. The summed E-state index contributed by atoms with van der Waals surface area (Å²) in [5.41, 5.74) is -0.813. The Morgan fingerprint density at radius 1 is 1.43 bits per heavy atom. The molecule has 0 aromatic carbocycles. The highest BCUT2D eigenvalue weighted by Crippen LogP contribution is 2.36. The van der Waals surface area contributed by atoms with E-state index in [1.165, 1.54) is 11.9 Å². The first-order chi connectivity index (χ1) is 10.6. The normalized spacial score (nSPS) is 11.8. The van der Waals surface area contributed by atoms with Crippen LogP contribution in [-0.4, -0.2) is 37.4 Å². The summed E-state index contributed by atoms with van der Waals surface area (Å²) in [5.74, 6) is -0.689. The van der Waals surface area contributed by atoms with Gasteiger partial charge in [-0.05, 0) is 6.92 Å². The first kappa shape index (κ1) is 17.3. The van der Waals surface area contributed by atoms with Crippen molar-refractivity contribution in [2.75, 3.05) is 7.05 Å². The lowest BCUT2D eigenvalue weighted by Gasteiger charge is -2.14. The molecule has 0 aliphatic heterocycles. The van der Waals surface area contributed by atoms with Crippen LogP contribution in [0.5, 0.6) is 0 Å². The minimum absolute atomic E-state index is 0.188. The Morgan fingerprint density at radius 2 is 2.09 bits per heavy atom. The van der Waals surface area contributed by atoms with Crippen molar-refractivity contribution in [1.29, 1.82) is 0 Å². The van der Waals surface area contributed by atoms with Crippen LogP contribution >= 0.6 is 11.6 Å². The second-order valence-corrected chi connectivity index (χ2v) is 5.38. The molecule has 126 valence electrons. The number of alkyl halides is 3. The predicted octanol–water partition coefficient (Wildman–Crippen LogP) is 2.58. The number of hydrogen-bond donors (Lipinski definition) is 0. The number of carbonyl (C=O) groups excluding carboxylic acids is 1. The van der Waals surface area contributed by atoms with E-state index < -0.39 is 28.5 Å². The molecule has 2 heterocycles. The molecule has 0 N–H and O–H groups in total. The van der Waals surface area contributed by atoms with Gasteiger partial charge in [0.05, 0.1) is 6.20 Å². The fourth-order valence-corrected chi connectivity index (χ4v) is 2.48. The van der Waals surface area contributed by atoms with Gasteiger partial charge in [0.25, 0.3) is 5.91 Å². The molecule has 0 saturated carbocycles. The van der Waals surface area contributed by atoms with Crippen LogP contribution in [0.25, 0.3) is 0 Å². The molecule has 0 aliphatic carbocycles. The molecule has 1 amide bonds. The Kier molecular flexibility index (Phi) is 4.69. The molecular weight excluding hydrogens is 335 g/mol. The van der Waals surface area contributed by atoms with Crippen LogP contribution < -0.4 is 0 Å². The number of aromatic nitrogens is 4. The average molecular weight is 350 g/mol. The Bertz CT molecular complexity index is 722. The van der Waals surface area contributed by atoms with Crippen LogP contribution in [0.3, 0.4) is 0 Å². The molecule has 2 aromatic heterocycles. The smallest absolute Gasteiger partial charge is 0.336 e. The van der Waals surface area contributed by atoms with E-state index >= 15 is 0 Å². The molecular formula is C13H15ClF3N5O. The van der Waals surface area contributed by atoms with Crippen molar-refractivity contribution in [3.63, 3.8) is 0 Å². The van der Waals surface area contributed by atoms with Crippen molar-refractivity contribution in [1.82, 2.24) is 24.5 Å². The topological polar surface area (TPSA) is 56.0 Å². The van der Waals surface area contributed by atoms with E-state index in [-0.39, 0.29) is 6.54 Å². The summed E-state index contributed by atoms with van der Waals surface area (Å²) in [5, 5.41) is 6.99. The highest BCUT2D eigenvalue weighted by molar-refractivity contribution is 6.34. The summed E-state index contributed by atoms with van der Waals surface area (Å²) in [6, 6.07) is 0. The molecule has 6 nitrogen and oxygen atoms in total. The van der Waals surface area contributed by atoms with Gasteiger partial charge in [0.15, 0.2) is 11.4 Å². The minimum atomic E-state index is -4.68. The standard InChI is InChI=1S/C13H15ClF3N5O/c1-4-22-7-8(5-18-22)6-20(2)12(23)10-9(14)11(13(15,16)17)21(3)19-10/h5,7H,4,6H2,1-3H3. The Hall–Kier alpha value is -2.03. The summed E-state index contributed by atoms with van der Waals surface area (Å²) in [6.45, 7) is 2.78. The summed E-state index contributed by atoms with van der Waals surface area (Å²) in [6.07, 6.45) is -1.34. The number of nitrogens with zero attached hydrogens (tertiary/aromatic N) is 5. The minimum Gasteiger partial charge on any atom is -0.336 e. The lowest BCUT2D eigenvalue weighted by Crippen LogP contribution is -2.26. The summed E-state index contributed by atoms with van der Waals surface area (Å²) >= 11 is 5.72. The third-order valence-electron chi connectivity index (χ3n) is 3.24. The number of aryl methyl sites for hydroxylation is 2. The van der Waals surface area contributed by atoms with Crippen molar-refractivity contribution < 1.29 is 18.0 Å². The third kappa shape index (κ3) is 3.49. The molecule has 0 spiro atoms. The Balaban J connectivity index is 2.23. The fourth-order valence-electron chi connectivity index (χ4n) is 2.13. The van der Waals surface area contributed by atoms with E-state index in [0.29, 0.717) is 11.2 Å². The van der Waals surface area contributed by atoms with Crippen molar-refractivity contribution in [3.8, 4) is 0 Å². The molecule has 0 bridgehead atoms. The van der Waals surface area contributed by atoms with Crippen LogP contribution in [0.2, 0.25) is 5.02 Å². The van der Waals surface area contributed by atoms with E-state index in [1.54, 1.807) is 17.1 Å². The van der Waals surface area contributed by atoms with Gasteiger partial charge in [0.2, 0.25) is 0 Å². The highest BCUT2D eigenvalue weighted by atomic mass is 35.5. The second-order valence-electron chi connectivity index (χ2n) is 5.00. The molecule has 2 aromatic rings. The van der Waals surface area contributed by atoms with Gasteiger partial charge in [-0.15, -0.1) is 0 Å². The molecule has 0 unspecified atom stereocenters. The van der Waals surface area contributed by atoms with Gasteiger partial charge in [0, 0.05) is 38.9 Å². The van der Waals surface area contributed by atoms with Gasteiger partial charge in [-0.1, -0.05) is 11.6 Å². The predicted molar refractivity (Wildman–Crippen MR) is 76.9 cm³/mol. The molecule has 0 aliphatic rings. The largest absolute Gasteiger partial charge is 0.434 e. The lowest BCUT2D eigenvalue weighted by molar-refractivity contribution is -0.143. The Morgan fingerprint density at radius 3 is 2.57 bits per heavy atom. The molecule has 0 atom stereocenters. The number of amides is 1. The summed E-state index contributed by atoms with van der Waals surface area (Å²) in [7, 11) is 2.56. The molecule has 0 fully saturated rings. The van der Waals surface area contributed by atoms with E-state index in [1.807, 2.05) is 6.92 Å². The maximum atomic E-state index is 12.9. The molecule has 10 heteroatoms. The van der Waals surface area contributed by atoms with Crippen molar-refractivity contribution in [2.24, 2.45) is 7.05 Å². The van der Waals surface area contributed by atoms with Gasteiger partial charge >= 0.3 is 6.18 Å². The van der Waals surface area contributed by atoms with Crippen LogP contribution in [0.4, 0.5) is 13.2 Å². The highest BCUT2D eigenvalue weighted by Gasteiger charge is 2.40. The summed E-state index contributed by atoms with van der Waals surface area (Å²) < 4.78 is 40.9. The maximum Gasteiger partial charge on any atom is 0.434 e. The first-order valence-electron chi connectivity index (χ1n) is 6.71. The zero-order valence-electron chi connectivity index (χ0n) is 12.7. The quantitative estimate of drug-likeness (QED) is 0.852. The van der Waals surface area contributed by atoms with Crippen LogP contribution in [0.1, 0.15) is 28.7 Å². The number of hydrogen-bond acceptors (Lipinski definition) is 3. The van der Waals surface area contributed by atoms with Gasteiger partial charge in [-0.2, -0.15) is 23.4 Å². The van der Waals surface area contributed by atoms with E-state index in [9.17, 15) is 18.0 Å². The fraction of sp³-hybridized carbons (Fsp3) is 0.462. The molecule has 0 saturated heterocycles. The van der Waals surface area contributed by atoms with E-state index in [4.69, 9.17) is 11.6 Å². The van der Waals surface area contributed by atoms with Crippen LogP contribution in [0, 0.1) is 0 Å². The molecule has 0 radical (unpaired) electrons. The monoisotopic (exact) mass is 349 g/mol. The first-order valence-corrected chi connectivity index (χ1v) is 7.09. The van der Waals surface area contributed by atoms with E-state index in [0.717, 1.165) is 12.6 Å². The number of rotatable bonds is 4. The van der Waals surface area contributed by atoms with Crippen LogP contribution in [0.15, 0.2) is 12.4 Å². The van der Waals surface area contributed by atoms with Crippen molar-refractivity contribution >= 4 is 17.5 Å². The third-order valence-corrected chi connectivity index (χ3v) is 3.60. The SMILES string of the molecule is CCn1cc(CN(C)C(=O)c2nn(C)c(C(F)(F)F)c2Cl)cn1. The lowest BCUT2D eigenvalue weighted by atomic mass is 10.3. The summed E-state index contributed by atoms with van der Waals surface area (Å²) in [4.78, 5) is 13.6. The number of halogens is 4. The molecule has 23 heavy (non-hydrogen) atoms. The molecule has 2 rings (SSSR count). The van der Waals surface area contributed by atoms with Gasteiger partial charge in [-0.3, -0.25) is 14.2 Å². The van der Waals surface area contributed by atoms with Gasteiger partial charge < -0.3 is 4.90 Å². The van der Waals surface area contributed by atoms with Gasteiger partial charge in [0.1, 0.15) is 5.02 Å². The second kappa shape index (κ2) is 6.23. The average Bonchev–Trinajstić information content (AvgIpc) is 3.01. The van der Waals surface area contributed by atoms with Crippen molar-refractivity contribution in [3.05, 3.63) is 34.4 Å². The zero-order valence-corrected chi connectivity index (χ0v) is 13.5.